The average molecular weight is 287 g/mol. The molecule has 0 saturated heterocycles. The Balaban J connectivity index is 2.29. The summed E-state index contributed by atoms with van der Waals surface area (Å²) in [4.78, 5) is 12.0. The number of nitrogens with zero attached hydrogens (tertiary/aromatic N) is 2. The van der Waals surface area contributed by atoms with Crippen molar-refractivity contribution in [2.24, 2.45) is 7.05 Å². The molecule has 2 aromatic rings. The zero-order valence-electron chi connectivity index (χ0n) is 13.4. The van der Waals surface area contributed by atoms with E-state index in [9.17, 15) is 4.79 Å². The molecule has 0 radical (unpaired) electrons. The average Bonchev–Trinajstić information content (AvgIpc) is 2.75. The first-order chi connectivity index (χ1) is 10.0. The summed E-state index contributed by atoms with van der Waals surface area (Å²) in [6.07, 6.45) is 4.73. The summed E-state index contributed by atoms with van der Waals surface area (Å²) in [5.41, 5.74) is 3.84. The van der Waals surface area contributed by atoms with Crippen molar-refractivity contribution in [3.63, 3.8) is 0 Å². The zero-order chi connectivity index (χ0) is 15.4. The monoisotopic (exact) mass is 287 g/mol. The van der Waals surface area contributed by atoms with E-state index in [0.29, 0.717) is 6.54 Å². The highest BCUT2D eigenvalue weighted by Gasteiger charge is 2.15. The lowest BCUT2D eigenvalue weighted by atomic mass is 9.99. The minimum Gasteiger partial charge on any atom is -0.308 e. The van der Waals surface area contributed by atoms with Crippen molar-refractivity contribution in [2.45, 2.75) is 39.8 Å². The van der Waals surface area contributed by atoms with Crippen LogP contribution in [0.4, 0.5) is 0 Å². The van der Waals surface area contributed by atoms with Gasteiger partial charge in [0.25, 0.3) is 0 Å². The standard InChI is InChI=1S/C17H25N3O/c1-5-8-18-16(12-20-10-9-19(4)17(20)21)15-7-6-13(2)11-14(15)3/h6-7,9-11,16,18H,5,8,12H2,1-4H3. The number of rotatable bonds is 6. The highest BCUT2D eigenvalue weighted by atomic mass is 16.1. The summed E-state index contributed by atoms with van der Waals surface area (Å²) >= 11 is 0. The van der Waals surface area contributed by atoms with Crippen molar-refractivity contribution in [2.75, 3.05) is 6.54 Å². The largest absolute Gasteiger partial charge is 0.327 e. The van der Waals surface area contributed by atoms with Gasteiger partial charge < -0.3 is 9.88 Å². The SMILES string of the molecule is CCCNC(Cn1ccn(C)c1=O)c1ccc(C)cc1C. The fraction of sp³-hybridized carbons (Fsp3) is 0.471. The van der Waals surface area contributed by atoms with E-state index in [1.807, 2.05) is 6.20 Å². The van der Waals surface area contributed by atoms with Crippen LogP contribution in [0.5, 0.6) is 0 Å². The van der Waals surface area contributed by atoms with Gasteiger partial charge in [0.1, 0.15) is 0 Å². The van der Waals surface area contributed by atoms with Gasteiger partial charge in [0, 0.05) is 26.0 Å². The molecule has 21 heavy (non-hydrogen) atoms. The van der Waals surface area contributed by atoms with Gasteiger partial charge in [0.2, 0.25) is 0 Å². The quantitative estimate of drug-likeness (QED) is 0.887. The first kappa shape index (κ1) is 15.6. The molecule has 1 N–H and O–H groups in total. The molecular weight excluding hydrogens is 262 g/mol. The van der Waals surface area contributed by atoms with Crippen molar-refractivity contribution in [3.05, 3.63) is 57.8 Å². The van der Waals surface area contributed by atoms with Gasteiger partial charge in [-0.05, 0) is 37.9 Å². The Morgan fingerprint density at radius 3 is 2.57 bits per heavy atom. The third-order valence-electron chi connectivity index (χ3n) is 3.84. The highest BCUT2D eigenvalue weighted by Crippen LogP contribution is 2.20. The Kier molecular flexibility index (Phi) is 5.02. The molecule has 0 fully saturated rings. The van der Waals surface area contributed by atoms with E-state index in [0.717, 1.165) is 13.0 Å². The van der Waals surface area contributed by atoms with Crippen LogP contribution >= 0.6 is 0 Å². The van der Waals surface area contributed by atoms with Crippen LogP contribution < -0.4 is 11.0 Å². The number of aryl methyl sites for hydroxylation is 3. The fourth-order valence-electron chi connectivity index (χ4n) is 2.65. The number of nitrogens with one attached hydrogen (secondary N) is 1. The van der Waals surface area contributed by atoms with Crippen LogP contribution in [-0.2, 0) is 13.6 Å². The van der Waals surface area contributed by atoms with Crippen molar-refractivity contribution < 1.29 is 0 Å². The van der Waals surface area contributed by atoms with Crippen molar-refractivity contribution in [1.29, 1.82) is 0 Å². The Labute approximate surface area is 126 Å². The highest BCUT2D eigenvalue weighted by molar-refractivity contribution is 5.32. The van der Waals surface area contributed by atoms with E-state index >= 15 is 0 Å². The lowest BCUT2D eigenvalue weighted by molar-refractivity contribution is 0.452. The predicted molar refractivity (Wildman–Crippen MR) is 86.6 cm³/mol. The van der Waals surface area contributed by atoms with Gasteiger partial charge in [0.05, 0.1) is 6.04 Å². The fourth-order valence-corrected chi connectivity index (χ4v) is 2.65. The second-order valence-corrected chi connectivity index (χ2v) is 5.71. The summed E-state index contributed by atoms with van der Waals surface area (Å²) in [5, 5.41) is 3.56. The molecule has 4 nitrogen and oxygen atoms in total. The second kappa shape index (κ2) is 6.76. The molecule has 1 aromatic heterocycles. The number of aromatic nitrogens is 2. The van der Waals surface area contributed by atoms with Gasteiger partial charge >= 0.3 is 5.69 Å². The van der Waals surface area contributed by atoms with Crippen molar-refractivity contribution in [1.82, 2.24) is 14.5 Å². The van der Waals surface area contributed by atoms with Gasteiger partial charge in [0.15, 0.2) is 0 Å². The molecular formula is C17H25N3O. The van der Waals surface area contributed by atoms with E-state index in [1.54, 1.807) is 22.4 Å². The van der Waals surface area contributed by atoms with Crippen LogP contribution in [0.1, 0.15) is 36.1 Å². The molecule has 2 rings (SSSR count). The third kappa shape index (κ3) is 3.64. The van der Waals surface area contributed by atoms with Crippen LogP contribution in [0.15, 0.2) is 35.4 Å². The van der Waals surface area contributed by atoms with Gasteiger partial charge in [-0.3, -0.25) is 4.57 Å². The number of hydrogen-bond acceptors (Lipinski definition) is 2. The molecule has 0 spiro atoms. The molecule has 114 valence electrons. The molecule has 0 saturated carbocycles. The van der Waals surface area contributed by atoms with E-state index in [2.05, 4.69) is 44.3 Å². The van der Waals surface area contributed by atoms with E-state index in [4.69, 9.17) is 0 Å². The van der Waals surface area contributed by atoms with E-state index < -0.39 is 0 Å². The van der Waals surface area contributed by atoms with Crippen molar-refractivity contribution in [3.8, 4) is 0 Å². The molecule has 1 heterocycles. The maximum atomic E-state index is 12.0. The molecule has 0 aliphatic rings. The molecule has 0 amide bonds. The summed E-state index contributed by atoms with van der Waals surface area (Å²) in [5.74, 6) is 0. The topological polar surface area (TPSA) is 39.0 Å². The maximum absolute atomic E-state index is 12.0. The van der Waals surface area contributed by atoms with Gasteiger partial charge in [-0.2, -0.15) is 0 Å². The zero-order valence-corrected chi connectivity index (χ0v) is 13.4. The number of imidazole rings is 1. The van der Waals surface area contributed by atoms with Gasteiger partial charge in [-0.1, -0.05) is 30.7 Å². The van der Waals surface area contributed by atoms with Crippen LogP contribution in [0.25, 0.3) is 0 Å². The minimum absolute atomic E-state index is 0.0306. The lowest BCUT2D eigenvalue weighted by Gasteiger charge is -2.21. The third-order valence-corrected chi connectivity index (χ3v) is 3.84. The number of benzene rings is 1. The van der Waals surface area contributed by atoms with Crippen LogP contribution in [0.2, 0.25) is 0 Å². The Morgan fingerprint density at radius 2 is 2.00 bits per heavy atom. The Hall–Kier alpha value is -1.81. The molecule has 1 aromatic carbocycles. The molecule has 0 aliphatic heterocycles. The van der Waals surface area contributed by atoms with E-state index in [1.165, 1.54) is 16.7 Å². The maximum Gasteiger partial charge on any atom is 0.327 e. The predicted octanol–water partition coefficient (Wildman–Crippen LogP) is 2.54. The smallest absolute Gasteiger partial charge is 0.308 e. The van der Waals surface area contributed by atoms with Crippen LogP contribution in [-0.4, -0.2) is 15.7 Å². The van der Waals surface area contributed by atoms with Gasteiger partial charge in [-0.25, -0.2) is 4.79 Å². The summed E-state index contributed by atoms with van der Waals surface area (Å²) in [7, 11) is 1.78. The van der Waals surface area contributed by atoms with Crippen molar-refractivity contribution >= 4 is 0 Å². The van der Waals surface area contributed by atoms with E-state index in [-0.39, 0.29) is 11.7 Å². The van der Waals surface area contributed by atoms with Crippen LogP contribution in [0.3, 0.4) is 0 Å². The lowest BCUT2D eigenvalue weighted by Crippen LogP contribution is -2.31. The first-order valence-electron chi connectivity index (χ1n) is 7.55. The van der Waals surface area contributed by atoms with Gasteiger partial charge in [-0.15, -0.1) is 0 Å². The van der Waals surface area contributed by atoms with Crippen LogP contribution in [0, 0.1) is 13.8 Å². The molecule has 0 aliphatic carbocycles. The summed E-state index contributed by atoms with van der Waals surface area (Å²) < 4.78 is 3.38. The minimum atomic E-state index is 0.0306. The Morgan fingerprint density at radius 1 is 1.24 bits per heavy atom. The summed E-state index contributed by atoms with van der Waals surface area (Å²) in [6, 6.07) is 6.66. The molecule has 0 bridgehead atoms. The normalized spacial score (nSPS) is 12.6. The Bertz CT molecular complexity index is 654. The summed E-state index contributed by atoms with van der Waals surface area (Å²) in [6.45, 7) is 7.99. The first-order valence-corrected chi connectivity index (χ1v) is 7.55. The molecule has 1 atom stereocenters. The molecule has 4 heteroatoms. The molecule has 1 unspecified atom stereocenters. The second-order valence-electron chi connectivity index (χ2n) is 5.71. The number of hydrogen-bond donors (Lipinski definition) is 1.